The SMILES string of the molecule is CC1=C2CCc3cc(-c4ccc(OC(=O)CCCc5ccc6c7c(cccc57)C5=CC=CC7=CC=CC6C75)cc4)ccc3C2=[N+]2C1=C(c1c(C)cccc1C)c1c(C)c3c(n1[B-]2(F)F)-c1ccc(-c2ccc(OC(=O)CCCc4ccc5c6c(cccc46)C4=C6C(=CC=CC65)CC=C4)cc2)cc1CC3. The van der Waals surface area contributed by atoms with Crippen LogP contribution in [0.1, 0.15) is 141 Å². The summed E-state index contributed by atoms with van der Waals surface area (Å²) in [6, 6.07) is 56.7. The number of carbonyl (C=O) groups is 2. The van der Waals surface area contributed by atoms with Gasteiger partial charge in [0, 0.05) is 58.7 Å². The van der Waals surface area contributed by atoms with Gasteiger partial charge in [-0.05, 0) is 265 Å². The zero-order valence-electron chi connectivity index (χ0n) is 58.8. The highest BCUT2D eigenvalue weighted by Gasteiger charge is 2.59. The molecule has 0 fully saturated rings. The second-order valence-electron chi connectivity index (χ2n) is 30.1. The van der Waals surface area contributed by atoms with Gasteiger partial charge in [0.2, 0.25) is 0 Å². The lowest BCUT2D eigenvalue weighted by atomic mass is 9.65. The lowest BCUT2D eigenvalue weighted by Crippen LogP contribution is -2.52. The van der Waals surface area contributed by atoms with Gasteiger partial charge >= 0.3 is 18.9 Å². The Morgan fingerprint density at radius 1 is 0.577 bits per heavy atom. The second-order valence-corrected chi connectivity index (χ2v) is 30.1. The highest BCUT2D eigenvalue weighted by Crippen LogP contribution is 2.57. The van der Waals surface area contributed by atoms with E-state index in [0.717, 1.165) is 108 Å². The van der Waals surface area contributed by atoms with Crippen LogP contribution in [0.4, 0.5) is 8.63 Å². The normalized spacial score (nSPS) is 19.0. The Labute approximate surface area is 604 Å². The van der Waals surface area contributed by atoms with E-state index in [-0.39, 0.29) is 30.7 Å². The van der Waals surface area contributed by atoms with E-state index < -0.39 is 6.97 Å². The molecule has 6 nitrogen and oxygen atoms in total. The van der Waals surface area contributed by atoms with Crippen LogP contribution in [-0.2, 0) is 41.7 Å². The van der Waals surface area contributed by atoms with E-state index in [9.17, 15) is 9.59 Å². The fraction of sp³-hybridized carbons (Fsp3) is 0.189. The van der Waals surface area contributed by atoms with Crippen LogP contribution in [0.3, 0.4) is 0 Å². The molecule has 9 aromatic carbocycles. The summed E-state index contributed by atoms with van der Waals surface area (Å²) in [6.45, 7) is 3.86. The molecule has 3 atom stereocenters. The van der Waals surface area contributed by atoms with Crippen LogP contribution in [0.25, 0.3) is 71.8 Å². The molecule has 0 amide bonds. The third kappa shape index (κ3) is 9.54. The van der Waals surface area contributed by atoms with Gasteiger partial charge in [0.25, 0.3) is 0 Å². The van der Waals surface area contributed by atoms with Gasteiger partial charge in [0.15, 0.2) is 11.4 Å². The van der Waals surface area contributed by atoms with Crippen LogP contribution in [0.2, 0.25) is 0 Å². The number of hydrogen-bond donors (Lipinski definition) is 0. The molecule has 0 spiro atoms. The molecule has 3 unspecified atom stereocenters. The topological polar surface area (TPSA) is 60.5 Å². The number of halogens is 2. The molecule has 0 bridgehead atoms. The van der Waals surface area contributed by atoms with Crippen molar-refractivity contribution in [2.75, 3.05) is 0 Å². The van der Waals surface area contributed by atoms with Gasteiger partial charge in [-0.1, -0.05) is 200 Å². The van der Waals surface area contributed by atoms with Crippen molar-refractivity contribution in [2.24, 2.45) is 5.92 Å². The van der Waals surface area contributed by atoms with Crippen molar-refractivity contribution in [1.29, 1.82) is 0 Å². The molecular weight excluding hydrogens is 1280 g/mol. The fourth-order valence-electron chi connectivity index (χ4n) is 19.9. The maximum atomic E-state index is 19.2. The van der Waals surface area contributed by atoms with Crippen molar-refractivity contribution in [1.82, 2.24) is 4.48 Å². The van der Waals surface area contributed by atoms with Crippen LogP contribution >= 0.6 is 0 Å². The van der Waals surface area contributed by atoms with Gasteiger partial charge in [-0.3, -0.25) is 9.59 Å². The van der Waals surface area contributed by atoms with E-state index in [1.54, 1.807) is 0 Å². The minimum atomic E-state index is -4.48. The van der Waals surface area contributed by atoms with Crippen LogP contribution in [0.5, 0.6) is 11.5 Å². The molecule has 0 saturated carbocycles. The molecule has 104 heavy (non-hydrogen) atoms. The maximum Gasteiger partial charge on any atom is 0.737 e. The third-order valence-electron chi connectivity index (χ3n) is 24.5. The predicted molar refractivity (Wildman–Crippen MR) is 416 cm³/mol. The minimum absolute atomic E-state index is 0.257. The third-order valence-corrected chi connectivity index (χ3v) is 24.5. The summed E-state index contributed by atoms with van der Waals surface area (Å²) in [6.07, 6.45) is 31.9. The van der Waals surface area contributed by atoms with E-state index in [1.807, 2.05) is 48.5 Å². The molecule has 10 aliphatic rings. The highest BCUT2D eigenvalue weighted by atomic mass is 19.2. The van der Waals surface area contributed by atoms with Crippen molar-refractivity contribution >= 4 is 62.9 Å². The molecular formula is C95H75BF2N2O4. The zero-order valence-corrected chi connectivity index (χ0v) is 58.8. The Kier molecular flexibility index (Phi) is 14.4. The maximum absolute atomic E-state index is 19.2. The number of nitrogens with zero attached hydrogens (tertiary/aromatic N) is 2. The summed E-state index contributed by atoms with van der Waals surface area (Å²) in [5.74, 6) is 1.35. The molecule has 506 valence electrons. The standard InChI is InChI=1S/C95H75BF2N2O4/c1-54-14-5-15-55(2)86(54)91-92-56(3)70-46-40-66-52-64(58-32-42-68(43-33-58)103-84(101)30-10-16-60-36-50-82-78-26-8-20-62-18-6-24-76(87(62)78)80-28-12-22-72(60)89(80)82)38-48-74(66)94(70)99(92)96(97,98)100-93(91)57(4)71-47-41-67-53-65(39-49-75(67)95(71)100)59-34-44-69(45-35-59)104-85(102)31-11-17-61-37-51-83-79-27-9-21-63-19-7-25-77(88(63)79)81-29-13-23-73(61)90(81)83/h5-9,12-15,18,20-29,32-39,42-45,48-53,78-79,87H,10-11,16-17,19,30-31,40-41,46-47H2,1-4H3. The van der Waals surface area contributed by atoms with Crippen molar-refractivity contribution in [3.05, 3.63) is 348 Å². The Bertz CT molecular complexity index is 5930. The van der Waals surface area contributed by atoms with Crippen molar-refractivity contribution in [3.8, 4) is 45.0 Å². The highest BCUT2D eigenvalue weighted by molar-refractivity contribution is 6.59. The predicted octanol–water partition coefficient (Wildman–Crippen LogP) is 21.9. The van der Waals surface area contributed by atoms with Crippen LogP contribution < -0.4 is 9.47 Å². The number of aromatic nitrogens is 1. The van der Waals surface area contributed by atoms with E-state index in [4.69, 9.17) is 9.47 Å². The van der Waals surface area contributed by atoms with E-state index in [2.05, 4.69) is 210 Å². The number of fused-ring (bicyclic) bond motifs is 13. The first-order valence-corrected chi connectivity index (χ1v) is 37.3. The zero-order chi connectivity index (χ0) is 70.0. The monoisotopic (exact) mass is 1360 g/mol. The van der Waals surface area contributed by atoms with Gasteiger partial charge < -0.3 is 27.1 Å². The molecule has 20 rings (SSSR count). The quantitative estimate of drug-likeness (QED) is 0.0656. The Balaban J connectivity index is 0.547. The molecule has 1 aromatic heterocycles. The lowest BCUT2D eigenvalue weighted by Gasteiger charge is -2.38. The molecule has 8 aliphatic carbocycles. The van der Waals surface area contributed by atoms with E-state index in [1.165, 1.54) is 91.8 Å². The first-order valence-electron chi connectivity index (χ1n) is 37.3. The van der Waals surface area contributed by atoms with Crippen molar-refractivity contribution < 1.29 is 32.2 Å². The summed E-state index contributed by atoms with van der Waals surface area (Å²) >= 11 is 0. The smallest absolute Gasteiger partial charge is 0.427 e. The van der Waals surface area contributed by atoms with Gasteiger partial charge in [-0.2, -0.15) is 0 Å². The fourth-order valence-corrected chi connectivity index (χ4v) is 19.9. The Hall–Kier alpha value is -11.3. The molecule has 2 aliphatic heterocycles. The number of esters is 2. The van der Waals surface area contributed by atoms with E-state index >= 15 is 8.63 Å². The number of hydrogen-bond acceptors (Lipinski definition) is 4. The number of rotatable bonds is 13. The molecule has 0 N–H and O–H groups in total. The second kappa shape index (κ2) is 23.9. The minimum Gasteiger partial charge on any atom is -0.427 e. The first kappa shape index (κ1) is 62.5. The summed E-state index contributed by atoms with van der Waals surface area (Å²) in [7, 11) is 0. The Morgan fingerprint density at radius 3 is 1.89 bits per heavy atom. The molecule has 0 saturated heterocycles. The summed E-state index contributed by atoms with van der Waals surface area (Å²) in [4.78, 5) is 27.0. The van der Waals surface area contributed by atoms with E-state index in [0.29, 0.717) is 84.7 Å². The largest absolute Gasteiger partial charge is 0.737 e. The van der Waals surface area contributed by atoms with Crippen LogP contribution in [-0.4, -0.2) is 33.6 Å². The molecule has 9 heteroatoms. The van der Waals surface area contributed by atoms with Gasteiger partial charge in [-0.15, -0.1) is 0 Å². The number of allylic oxidation sites excluding steroid dienone is 18. The summed E-state index contributed by atoms with van der Waals surface area (Å²) in [5.41, 5.74) is 32.4. The van der Waals surface area contributed by atoms with Gasteiger partial charge in [0.05, 0.1) is 5.57 Å². The van der Waals surface area contributed by atoms with Crippen LogP contribution in [0.15, 0.2) is 264 Å². The van der Waals surface area contributed by atoms with Gasteiger partial charge in [-0.25, -0.2) is 0 Å². The molecule has 0 radical (unpaired) electrons. The number of aryl methyl sites for hydroxylation is 6. The number of ether oxygens (including phenoxy) is 2. The number of carbonyl (C=O) groups excluding carboxylic acids is 2. The first-order chi connectivity index (χ1) is 50.8. The average molecular weight is 1360 g/mol. The number of benzene rings is 9. The lowest BCUT2D eigenvalue weighted by molar-refractivity contribution is -0.362. The van der Waals surface area contributed by atoms with Crippen molar-refractivity contribution in [3.63, 3.8) is 0 Å². The average Bonchev–Trinajstić information content (AvgIpc) is 1.50. The molecule has 3 heterocycles. The summed E-state index contributed by atoms with van der Waals surface area (Å²) in [5, 5.41) is 5.17. The van der Waals surface area contributed by atoms with Gasteiger partial charge in [0.1, 0.15) is 11.5 Å². The molecule has 10 aromatic rings. The summed E-state index contributed by atoms with van der Waals surface area (Å²) < 4.78 is 53.2. The van der Waals surface area contributed by atoms with Crippen LogP contribution in [0, 0.1) is 26.7 Å². The Morgan fingerprint density at radius 2 is 1.19 bits per heavy atom. The van der Waals surface area contributed by atoms with Crippen molar-refractivity contribution in [2.45, 2.75) is 110 Å².